The van der Waals surface area contributed by atoms with Crippen LogP contribution in [-0.4, -0.2) is 14.6 Å². The lowest BCUT2D eigenvalue weighted by Gasteiger charge is -1.97. The highest BCUT2D eigenvalue weighted by atomic mass is 79.9. The van der Waals surface area contributed by atoms with E-state index in [4.69, 9.17) is 5.73 Å². The number of aromatic nitrogens is 3. The summed E-state index contributed by atoms with van der Waals surface area (Å²) in [5.41, 5.74) is 7.35. The van der Waals surface area contributed by atoms with Crippen molar-refractivity contribution in [1.82, 2.24) is 14.6 Å². The molecule has 0 atom stereocenters. The molecule has 0 fully saturated rings. The number of fused-ring (bicyclic) bond motifs is 1. The minimum absolute atomic E-state index is 0.454. The second kappa shape index (κ2) is 2.85. The molecule has 0 saturated carbocycles. The van der Waals surface area contributed by atoms with Crippen LogP contribution in [0.25, 0.3) is 11.6 Å². The van der Waals surface area contributed by atoms with Crippen molar-refractivity contribution < 1.29 is 0 Å². The van der Waals surface area contributed by atoms with Gasteiger partial charge in [0.25, 0.3) is 0 Å². The van der Waals surface area contributed by atoms with Gasteiger partial charge in [-0.3, -0.25) is 0 Å². The standard InChI is InChI=1S/C8H7BrN4/c1-2-5-3-6(9)7-8(10)11-4-12-13(5)7/h2-4H,1H2,(H2,10,11,12). The monoisotopic (exact) mass is 238 g/mol. The third-order valence-corrected chi connectivity index (χ3v) is 2.38. The third-order valence-electron chi connectivity index (χ3n) is 1.77. The molecule has 4 nitrogen and oxygen atoms in total. The Bertz CT molecular complexity index is 474. The van der Waals surface area contributed by atoms with E-state index in [1.807, 2.05) is 6.07 Å². The van der Waals surface area contributed by atoms with Crippen LogP contribution in [-0.2, 0) is 0 Å². The summed E-state index contributed by atoms with van der Waals surface area (Å²) in [5.74, 6) is 0.454. The summed E-state index contributed by atoms with van der Waals surface area (Å²) in [6, 6.07) is 1.90. The smallest absolute Gasteiger partial charge is 0.152 e. The molecule has 2 aromatic rings. The van der Waals surface area contributed by atoms with Gasteiger partial charge in [0.2, 0.25) is 0 Å². The fourth-order valence-corrected chi connectivity index (χ4v) is 1.80. The number of hydrogen-bond acceptors (Lipinski definition) is 3. The number of hydrogen-bond donors (Lipinski definition) is 1. The maximum atomic E-state index is 5.69. The molecule has 13 heavy (non-hydrogen) atoms. The number of halogens is 1. The Morgan fingerprint density at radius 3 is 3.08 bits per heavy atom. The van der Waals surface area contributed by atoms with Crippen molar-refractivity contribution in [2.75, 3.05) is 5.73 Å². The first-order chi connectivity index (χ1) is 6.24. The average molecular weight is 239 g/mol. The molecule has 0 aromatic carbocycles. The molecule has 66 valence electrons. The van der Waals surface area contributed by atoms with Crippen molar-refractivity contribution in [1.29, 1.82) is 0 Å². The van der Waals surface area contributed by atoms with Crippen LogP contribution >= 0.6 is 15.9 Å². The molecule has 0 aliphatic heterocycles. The van der Waals surface area contributed by atoms with Crippen LogP contribution in [0.3, 0.4) is 0 Å². The van der Waals surface area contributed by atoms with E-state index in [-0.39, 0.29) is 0 Å². The van der Waals surface area contributed by atoms with Gasteiger partial charge < -0.3 is 5.73 Å². The van der Waals surface area contributed by atoms with Gasteiger partial charge in [-0.1, -0.05) is 6.58 Å². The summed E-state index contributed by atoms with van der Waals surface area (Å²) in [4.78, 5) is 3.90. The maximum absolute atomic E-state index is 5.69. The quantitative estimate of drug-likeness (QED) is 0.824. The van der Waals surface area contributed by atoms with Crippen molar-refractivity contribution in [3.63, 3.8) is 0 Å². The Labute approximate surface area is 83.2 Å². The van der Waals surface area contributed by atoms with E-state index in [0.717, 1.165) is 15.7 Å². The van der Waals surface area contributed by atoms with Crippen molar-refractivity contribution in [2.24, 2.45) is 0 Å². The van der Waals surface area contributed by atoms with E-state index in [1.165, 1.54) is 6.33 Å². The summed E-state index contributed by atoms with van der Waals surface area (Å²) in [6.07, 6.45) is 3.13. The lowest BCUT2D eigenvalue weighted by atomic mass is 10.4. The van der Waals surface area contributed by atoms with Crippen LogP contribution in [0.4, 0.5) is 5.82 Å². The largest absolute Gasteiger partial charge is 0.382 e. The van der Waals surface area contributed by atoms with Crippen LogP contribution in [0.5, 0.6) is 0 Å². The minimum Gasteiger partial charge on any atom is -0.382 e. The SMILES string of the molecule is C=Cc1cc(Br)c2c(N)ncnn12. The van der Waals surface area contributed by atoms with Gasteiger partial charge >= 0.3 is 0 Å². The Kier molecular flexibility index (Phi) is 1.81. The molecule has 0 aliphatic carbocycles. The zero-order valence-corrected chi connectivity index (χ0v) is 8.32. The molecule has 2 N–H and O–H groups in total. The van der Waals surface area contributed by atoms with Crippen LogP contribution in [0, 0.1) is 0 Å². The van der Waals surface area contributed by atoms with Gasteiger partial charge in [0.15, 0.2) is 5.82 Å². The van der Waals surface area contributed by atoms with Crippen molar-refractivity contribution in [2.45, 2.75) is 0 Å². The fraction of sp³-hybridized carbons (Fsp3) is 0. The molecule has 0 aliphatic rings. The molecule has 0 saturated heterocycles. The first-order valence-corrected chi connectivity index (χ1v) is 4.43. The Hall–Kier alpha value is -1.36. The van der Waals surface area contributed by atoms with Crippen LogP contribution in [0.1, 0.15) is 5.69 Å². The lowest BCUT2D eigenvalue weighted by molar-refractivity contribution is 0.898. The second-order valence-corrected chi connectivity index (χ2v) is 3.38. The highest BCUT2D eigenvalue weighted by Gasteiger charge is 2.08. The molecule has 5 heteroatoms. The number of nitrogens with two attached hydrogens (primary N) is 1. The van der Waals surface area contributed by atoms with E-state index in [2.05, 4.69) is 32.6 Å². The summed E-state index contributed by atoms with van der Waals surface area (Å²) in [6.45, 7) is 3.68. The summed E-state index contributed by atoms with van der Waals surface area (Å²) >= 11 is 3.38. The molecular weight excluding hydrogens is 232 g/mol. The summed E-state index contributed by atoms with van der Waals surface area (Å²) < 4.78 is 2.57. The lowest BCUT2D eigenvalue weighted by Crippen LogP contribution is -1.99. The van der Waals surface area contributed by atoms with Crippen LogP contribution < -0.4 is 5.73 Å². The number of anilines is 1. The Morgan fingerprint density at radius 1 is 1.62 bits per heavy atom. The molecule has 0 spiro atoms. The fourth-order valence-electron chi connectivity index (χ4n) is 1.19. The van der Waals surface area contributed by atoms with Gasteiger partial charge in [-0.05, 0) is 28.1 Å². The van der Waals surface area contributed by atoms with Gasteiger partial charge in [-0.15, -0.1) is 0 Å². The number of nitrogen functional groups attached to an aromatic ring is 1. The van der Waals surface area contributed by atoms with Gasteiger partial charge in [-0.2, -0.15) is 5.10 Å². The predicted octanol–water partition coefficient (Wildman–Crippen LogP) is 1.72. The zero-order chi connectivity index (χ0) is 9.42. The molecule has 0 amide bonds. The molecule has 0 unspecified atom stereocenters. The Balaban J connectivity index is 2.95. The highest BCUT2D eigenvalue weighted by molar-refractivity contribution is 9.10. The van der Waals surface area contributed by atoms with E-state index in [0.29, 0.717) is 5.82 Å². The van der Waals surface area contributed by atoms with Gasteiger partial charge in [-0.25, -0.2) is 9.50 Å². The second-order valence-electron chi connectivity index (χ2n) is 2.53. The summed E-state index contributed by atoms with van der Waals surface area (Å²) in [5, 5.41) is 4.06. The zero-order valence-electron chi connectivity index (χ0n) is 6.74. The van der Waals surface area contributed by atoms with Crippen LogP contribution in [0.15, 0.2) is 23.4 Å². The maximum Gasteiger partial charge on any atom is 0.152 e. The third kappa shape index (κ3) is 1.12. The number of rotatable bonds is 1. The molecule has 0 bridgehead atoms. The topological polar surface area (TPSA) is 56.2 Å². The van der Waals surface area contributed by atoms with E-state index in [1.54, 1.807) is 10.6 Å². The highest BCUT2D eigenvalue weighted by Crippen LogP contribution is 2.25. The minimum atomic E-state index is 0.454. The number of nitrogens with zero attached hydrogens (tertiary/aromatic N) is 3. The van der Waals surface area contributed by atoms with E-state index in [9.17, 15) is 0 Å². The first-order valence-electron chi connectivity index (χ1n) is 3.64. The van der Waals surface area contributed by atoms with Crippen LogP contribution in [0.2, 0.25) is 0 Å². The molecular formula is C8H7BrN4. The molecule has 0 radical (unpaired) electrons. The van der Waals surface area contributed by atoms with Crippen molar-refractivity contribution in [3.8, 4) is 0 Å². The summed E-state index contributed by atoms with van der Waals surface area (Å²) in [7, 11) is 0. The predicted molar refractivity (Wildman–Crippen MR) is 55.2 cm³/mol. The van der Waals surface area contributed by atoms with Crippen molar-refractivity contribution >= 4 is 33.3 Å². The van der Waals surface area contributed by atoms with E-state index >= 15 is 0 Å². The molecule has 2 aromatic heterocycles. The van der Waals surface area contributed by atoms with Crippen molar-refractivity contribution in [3.05, 3.63) is 29.1 Å². The molecule has 2 heterocycles. The van der Waals surface area contributed by atoms with E-state index < -0.39 is 0 Å². The average Bonchev–Trinajstić information content (AvgIpc) is 2.44. The first kappa shape index (κ1) is 8.25. The molecule has 2 rings (SSSR count). The Morgan fingerprint density at radius 2 is 2.38 bits per heavy atom. The normalized spacial score (nSPS) is 10.5. The van der Waals surface area contributed by atoms with Gasteiger partial charge in [0, 0.05) is 4.47 Å². The van der Waals surface area contributed by atoms with Gasteiger partial charge in [0.1, 0.15) is 11.8 Å². The van der Waals surface area contributed by atoms with Gasteiger partial charge in [0.05, 0.1) is 5.69 Å².